The van der Waals surface area contributed by atoms with Crippen LogP contribution in [0.1, 0.15) is 51.9 Å². The highest BCUT2D eigenvalue weighted by Gasteiger charge is 2.38. The average molecular weight is 379 g/mol. The molecule has 5 atom stereocenters. The molecule has 1 aliphatic carbocycles. The third kappa shape index (κ3) is 9.70. The van der Waals surface area contributed by atoms with Crippen molar-refractivity contribution in [1.82, 2.24) is 0 Å². The Balaban J connectivity index is 2.21. The molecule has 0 bridgehead atoms. The van der Waals surface area contributed by atoms with Gasteiger partial charge in [0.05, 0.1) is 18.3 Å². The summed E-state index contributed by atoms with van der Waals surface area (Å²) in [5, 5.41) is 38.5. The molecule has 0 heterocycles. The summed E-state index contributed by atoms with van der Waals surface area (Å²) in [4.78, 5) is 10.3. The Hall–Kier alpha value is -1.69. The first-order chi connectivity index (χ1) is 13.0. The number of aliphatic hydroxyl groups excluding tert-OH is 3. The van der Waals surface area contributed by atoms with E-state index in [2.05, 4.69) is 0 Å². The highest BCUT2D eigenvalue weighted by atomic mass is 16.4. The molecule has 5 heteroatoms. The van der Waals surface area contributed by atoms with Gasteiger partial charge in [-0.25, -0.2) is 0 Å². The fourth-order valence-electron chi connectivity index (χ4n) is 3.37. The maximum atomic E-state index is 10.3. The molecule has 1 fully saturated rings. The molecule has 1 aliphatic rings. The van der Waals surface area contributed by atoms with Gasteiger partial charge in [-0.2, -0.15) is 0 Å². The number of carboxylic acids is 1. The second-order valence-electron chi connectivity index (χ2n) is 7.03. The van der Waals surface area contributed by atoms with E-state index >= 15 is 0 Å². The first kappa shape index (κ1) is 23.3. The van der Waals surface area contributed by atoms with Crippen LogP contribution >= 0.6 is 0 Å². The first-order valence-electron chi connectivity index (χ1n) is 9.85. The Kier molecular flexibility index (Phi) is 11.7. The number of hydrogen-bond donors (Lipinski definition) is 4. The van der Waals surface area contributed by atoms with Crippen LogP contribution in [0.15, 0.2) is 48.6 Å². The predicted molar refractivity (Wildman–Crippen MR) is 107 cm³/mol. The zero-order chi connectivity index (χ0) is 20.1. The fraction of sp³-hybridized carbons (Fsp3) is 0.591. The van der Waals surface area contributed by atoms with Gasteiger partial charge in [-0.3, -0.25) is 4.79 Å². The van der Waals surface area contributed by atoms with Crippen LogP contribution in [0, 0.1) is 11.8 Å². The minimum absolute atomic E-state index is 0.0577. The smallest absolute Gasteiger partial charge is 0.303 e. The summed E-state index contributed by atoms with van der Waals surface area (Å²) >= 11 is 0. The molecule has 0 spiro atoms. The van der Waals surface area contributed by atoms with Crippen molar-refractivity contribution >= 4 is 5.97 Å². The molecule has 0 saturated heterocycles. The lowest BCUT2D eigenvalue weighted by Gasteiger charge is -2.19. The molecule has 27 heavy (non-hydrogen) atoms. The molecule has 1 saturated carbocycles. The molecule has 152 valence electrons. The third-order valence-corrected chi connectivity index (χ3v) is 4.89. The number of aliphatic carboxylic acids is 1. The van der Waals surface area contributed by atoms with Crippen molar-refractivity contribution in [3.8, 4) is 0 Å². The second-order valence-corrected chi connectivity index (χ2v) is 7.03. The van der Waals surface area contributed by atoms with Gasteiger partial charge >= 0.3 is 5.97 Å². The van der Waals surface area contributed by atoms with Crippen molar-refractivity contribution in [3.63, 3.8) is 0 Å². The highest BCUT2D eigenvalue weighted by Crippen LogP contribution is 2.35. The van der Waals surface area contributed by atoms with E-state index in [4.69, 9.17) is 5.11 Å². The van der Waals surface area contributed by atoms with E-state index in [1.165, 1.54) is 0 Å². The van der Waals surface area contributed by atoms with Gasteiger partial charge in [-0.15, -0.1) is 0 Å². The van der Waals surface area contributed by atoms with Crippen LogP contribution in [-0.4, -0.2) is 44.7 Å². The van der Waals surface area contributed by atoms with Crippen molar-refractivity contribution in [1.29, 1.82) is 0 Å². The number of allylic oxidation sites excluding steroid dienone is 5. The fourth-order valence-corrected chi connectivity index (χ4v) is 3.37. The molecule has 0 aromatic carbocycles. The monoisotopic (exact) mass is 378 g/mol. The summed E-state index contributed by atoms with van der Waals surface area (Å²) in [5.74, 6) is -0.808. The largest absolute Gasteiger partial charge is 0.481 e. The van der Waals surface area contributed by atoms with Gasteiger partial charge < -0.3 is 20.4 Å². The lowest BCUT2D eigenvalue weighted by molar-refractivity contribution is -0.136. The van der Waals surface area contributed by atoms with Crippen molar-refractivity contribution in [2.24, 2.45) is 11.8 Å². The van der Waals surface area contributed by atoms with Crippen molar-refractivity contribution in [3.05, 3.63) is 48.6 Å². The van der Waals surface area contributed by atoms with Gasteiger partial charge in [0.15, 0.2) is 0 Å². The zero-order valence-corrected chi connectivity index (χ0v) is 16.2. The minimum Gasteiger partial charge on any atom is -0.481 e. The summed E-state index contributed by atoms with van der Waals surface area (Å²) in [7, 11) is 0. The molecule has 0 radical (unpaired) electrons. The molecular weight excluding hydrogens is 344 g/mol. The zero-order valence-electron chi connectivity index (χ0n) is 16.2. The Labute approximate surface area is 162 Å². The van der Waals surface area contributed by atoms with Crippen molar-refractivity contribution in [2.45, 2.75) is 70.2 Å². The van der Waals surface area contributed by atoms with E-state index in [0.717, 1.165) is 19.3 Å². The average Bonchev–Trinajstić information content (AvgIpc) is 2.90. The van der Waals surface area contributed by atoms with E-state index in [1.54, 1.807) is 6.08 Å². The molecule has 0 aromatic heterocycles. The van der Waals surface area contributed by atoms with Crippen LogP contribution < -0.4 is 0 Å². The third-order valence-electron chi connectivity index (χ3n) is 4.89. The van der Waals surface area contributed by atoms with E-state index in [0.29, 0.717) is 19.3 Å². The van der Waals surface area contributed by atoms with Crippen LogP contribution in [0.25, 0.3) is 0 Å². The van der Waals surface area contributed by atoms with Gasteiger partial charge in [0.1, 0.15) is 0 Å². The van der Waals surface area contributed by atoms with E-state index in [1.807, 2.05) is 49.5 Å². The molecule has 0 unspecified atom stereocenters. The molecular formula is C22H34O5. The highest BCUT2D eigenvalue weighted by molar-refractivity contribution is 5.66. The second kappa shape index (κ2) is 13.5. The number of hydrogen-bond acceptors (Lipinski definition) is 4. The van der Waals surface area contributed by atoms with Gasteiger partial charge in [0.25, 0.3) is 0 Å². The molecule has 0 aromatic rings. The number of carbonyl (C=O) groups is 1. The van der Waals surface area contributed by atoms with Crippen molar-refractivity contribution < 1.29 is 25.2 Å². The minimum atomic E-state index is -0.778. The molecule has 5 nitrogen and oxygen atoms in total. The van der Waals surface area contributed by atoms with Crippen LogP contribution in [0.5, 0.6) is 0 Å². The lowest BCUT2D eigenvalue weighted by atomic mass is 9.90. The maximum absolute atomic E-state index is 10.3. The van der Waals surface area contributed by atoms with Gasteiger partial charge in [-0.05, 0) is 31.6 Å². The first-order valence-corrected chi connectivity index (χ1v) is 9.85. The Bertz CT molecular complexity index is 535. The number of aliphatic hydroxyl groups is 3. The van der Waals surface area contributed by atoms with Gasteiger partial charge in [0, 0.05) is 18.8 Å². The number of rotatable bonds is 12. The van der Waals surface area contributed by atoms with Gasteiger partial charge in [-0.1, -0.05) is 62.0 Å². The molecule has 0 aliphatic heterocycles. The van der Waals surface area contributed by atoms with Crippen LogP contribution in [-0.2, 0) is 4.79 Å². The summed E-state index contributed by atoms with van der Waals surface area (Å²) in [6.07, 6.45) is 17.8. The van der Waals surface area contributed by atoms with E-state index in [-0.39, 0.29) is 18.3 Å². The Morgan fingerprint density at radius 1 is 1.04 bits per heavy atom. The quantitative estimate of drug-likeness (QED) is 0.390. The van der Waals surface area contributed by atoms with E-state index < -0.39 is 24.3 Å². The molecule has 4 N–H and O–H groups in total. The van der Waals surface area contributed by atoms with E-state index in [9.17, 15) is 20.1 Å². The van der Waals surface area contributed by atoms with Gasteiger partial charge in [0.2, 0.25) is 0 Å². The maximum Gasteiger partial charge on any atom is 0.303 e. The predicted octanol–water partition coefficient (Wildman–Crippen LogP) is 3.38. The summed E-state index contributed by atoms with van der Waals surface area (Å²) < 4.78 is 0. The standard InChI is InChI=1S/C22H34O5/c1-2-18-19(21(25)16-20(18)24)15-14-17(23)12-10-8-6-4-3-5-7-9-11-13-22(26)27/h3-4,7-10,14-15,17-21,23-25H,2,5-6,11-13,16H2,1H3,(H,26,27)/b4-3-,9-7-,10-8-,15-14+/t17-,18-,19-,20-,21+/m1/s1. The summed E-state index contributed by atoms with van der Waals surface area (Å²) in [6, 6.07) is 0. The van der Waals surface area contributed by atoms with Crippen LogP contribution in [0.4, 0.5) is 0 Å². The Morgan fingerprint density at radius 2 is 1.67 bits per heavy atom. The number of carboxylic acid groups (broad SMARTS) is 1. The normalized spacial score (nSPS) is 27.6. The molecule has 0 amide bonds. The van der Waals surface area contributed by atoms with Crippen LogP contribution in [0.2, 0.25) is 0 Å². The van der Waals surface area contributed by atoms with Crippen LogP contribution in [0.3, 0.4) is 0 Å². The Morgan fingerprint density at radius 3 is 2.30 bits per heavy atom. The summed E-state index contributed by atoms with van der Waals surface area (Å²) in [5.41, 5.74) is 0. The molecule has 1 rings (SSSR count). The topological polar surface area (TPSA) is 98.0 Å². The summed E-state index contributed by atoms with van der Waals surface area (Å²) in [6.45, 7) is 2.01. The van der Waals surface area contributed by atoms with Crippen molar-refractivity contribution in [2.75, 3.05) is 0 Å². The lowest BCUT2D eigenvalue weighted by Crippen LogP contribution is -2.20. The SMILES string of the molecule is CC[C@@H]1[C@@H](/C=C/[C@H](O)C/C=C\C/C=C\C/C=C\CCC(=O)O)[C@@H](O)C[C@H]1O.